The zero-order valence-corrected chi connectivity index (χ0v) is 11.5. The molecule has 0 saturated carbocycles. The maximum atomic E-state index is 12.2. The molecule has 0 aromatic heterocycles. The van der Waals surface area contributed by atoms with E-state index in [1.54, 1.807) is 0 Å². The van der Waals surface area contributed by atoms with Crippen LogP contribution in [0.5, 0.6) is 0 Å². The molecular formula is C16H25NO. The van der Waals surface area contributed by atoms with Crippen LogP contribution in [0.4, 0.5) is 0 Å². The fraction of sp³-hybridized carbons (Fsp3) is 0.688. The number of fused-ring (bicyclic) bond motifs is 1. The summed E-state index contributed by atoms with van der Waals surface area (Å²) in [6.07, 6.45) is 15.9. The van der Waals surface area contributed by atoms with Crippen LogP contribution in [0.3, 0.4) is 0 Å². The lowest BCUT2D eigenvalue weighted by Crippen LogP contribution is -2.33. The molecule has 2 aliphatic rings. The zero-order chi connectivity index (χ0) is 12.8. The normalized spacial score (nSPS) is 28.3. The van der Waals surface area contributed by atoms with Crippen LogP contribution in [-0.2, 0) is 4.79 Å². The molecule has 1 atom stereocenters. The summed E-state index contributed by atoms with van der Waals surface area (Å²) in [5, 5.41) is 0. The Morgan fingerprint density at radius 1 is 1.33 bits per heavy atom. The third-order valence-corrected chi connectivity index (χ3v) is 4.00. The summed E-state index contributed by atoms with van der Waals surface area (Å²) in [4.78, 5) is 14.2. The van der Waals surface area contributed by atoms with Crippen LogP contribution >= 0.6 is 0 Å². The van der Waals surface area contributed by atoms with Crippen molar-refractivity contribution in [1.29, 1.82) is 0 Å². The van der Waals surface area contributed by atoms with E-state index in [1.165, 1.54) is 31.3 Å². The minimum absolute atomic E-state index is 0.243. The van der Waals surface area contributed by atoms with E-state index in [1.807, 2.05) is 11.0 Å². The maximum absolute atomic E-state index is 12.2. The highest BCUT2D eigenvalue weighted by Crippen LogP contribution is 2.23. The van der Waals surface area contributed by atoms with Gasteiger partial charge in [-0.2, -0.15) is 0 Å². The lowest BCUT2D eigenvalue weighted by Gasteiger charge is -2.23. The SMILES string of the molecule is CCCCCC/C1=C/C(=O)N2CCC[C@H]2/C=C\C1. The van der Waals surface area contributed by atoms with Gasteiger partial charge in [-0.1, -0.05) is 43.9 Å². The molecule has 0 N–H and O–H groups in total. The fourth-order valence-electron chi connectivity index (χ4n) is 2.91. The molecule has 1 saturated heterocycles. The molecule has 0 aromatic carbocycles. The molecule has 2 heteroatoms. The largest absolute Gasteiger partial charge is 0.333 e. The molecule has 1 amide bonds. The van der Waals surface area contributed by atoms with E-state index in [0.717, 1.165) is 32.2 Å². The van der Waals surface area contributed by atoms with Crippen LogP contribution in [0.15, 0.2) is 23.8 Å². The number of allylic oxidation sites excluding steroid dienone is 2. The number of hydrogen-bond acceptors (Lipinski definition) is 1. The van der Waals surface area contributed by atoms with Crippen LogP contribution in [0.1, 0.15) is 58.3 Å². The van der Waals surface area contributed by atoms with E-state index in [2.05, 4.69) is 19.1 Å². The Morgan fingerprint density at radius 3 is 3.06 bits per heavy atom. The Bertz CT molecular complexity index is 343. The number of amides is 1. The molecule has 2 rings (SSSR count). The van der Waals surface area contributed by atoms with Crippen LogP contribution in [0, 0.1) is 0 Å². The predicted molar refractivity (Wildman–Crippen MR) is 75.3 cm³/mol. The first-order valence-corrected chi connectivity index (χ1v) is 7.48. The molecule has 1 fully saturated rings. The summed E-state index contributed by atoms with van der Waals surface area (Å²) < 4.78 is 0. The van der Waals surface area contributed by atoms with E-state index in [0.29, 0.717) is 6.04 Å². The lowest BCUT2D eigenvalue weighted by atomic mass is 10.0. The number of hydrogen-bond donors (Lipinski definition) is 0. The number of carbonyl (C=O) groups excluding carboxylic acids is 1. The zero-order valence-electron chi connectivity index (χ0n) is 11.5. The summed E-state index contributed by atoms with van der Waals surface area (Å²) >= 11 is 0. The van der Waals surface area contributed by atoms with Crippen molar-refractivity contribution in [3.8, 4) is 0 Å². The maximum Gasteiger partial charge on any atom is 0.247 e. The van der Waals surface area contributed by atoms with E-state index in [4.69, 9.17) is 0 Å². The summed E-state index contributed by atoms with van der Waals surface area (Å²) in [5.41, 5.74) is 1.32. The van der Waals surface area contributed by atoms with E-state index in [-0.39, 0.29) is 5.91 Å². The Morgan fingerprint density at radius 2 is 2.22 bits per heavy atom. The highest BCUT2D eigenvalue weighted by atomic mass is 16.2. The van der Waals surface area contributed by atoms with Crippen molar-refractivity contribution in [2.24, 2.45) is 0 Å². The summed E-state index contributed by atoms with van der Waals surface area (Å²) in [5.74, 6) is 0.243. The average molecular weight is 247 g/mol. The van der Waals surface area contributed by atoms with Crippen molar-refractivity contribution in [3.63, 3.8) is 0 Å². The smallest absolute Gasteiger partial charge is 0.247 e. The van der Waals surface area contributed by atoms with Gasteiger partial charge in [-0.15, -0.1) is 0 Å². The lowest BCUT2D eigenvalue weighted by molar-refractivity contribution is -0.126. The molecule has 0 spiro atoms. The van der Waals surface area contributed by atoms with Crippen LogP contribution in [0.25, 0.3) is 0 Å². The second kappa shape index (κ2) is 6.77. The summed E-state index contributed by atoms with van der Waals surface area (Å²) in [6.45, 7) is 3.17. The highest BCUT2D eigenvalue weighted by Gasteiger charge is 2.26. The van der Waals surface area contributed by atoms with Crippen molar-refractivity contribution in [2.45, 2.75) is 64.3 Å². The molecule has 2 aliphatic heterocycles. The van der Waals surface area contributed by atoms with Crippen molar-refractivity contribution in [3.05, 3.63) is 23.8 Å². The summed E-state index contributed by atoms with van der Waals surface area (Å²) in [7, 11) is 0. The Balaban J connectivity index is 1.91. The average Bonchev–Trinajstić information content (AvgIpc) is 2.80. The van der Waals surface area contributed by atoms with Gasteiger partial charge in [0.05, 0.1) is 6.04 Å². The van der Waals surface area contributed by atoms with Gasteiger partial charge in [0.1, 0.15) is 0 Å². The standard InChI is InChI=1S/C16H25NO/c1-2-3-4-5-8-14-9-6-10-15-11-7-12-17(15)16(18)13-14/h6,10,13,15H,2-5,7-9,11-12H2,1H3/b10-6-,14-13-/t15-/m1/s1. The molecule has 0 radical (unpaired) electrons. The number of carbonyl (C=O) groups is 1. The molecule has 0 aromatic rings. The van der Waals surface area contributed by atoms with Crippen LogP contribution in [0.2, 0.25) is 0 Å². The molecule has 18 heavy (non-hydrogen) atoms. The first-order valence-electron chi connectivity index (χ1n) is 7.48. The Labute approximate surface area is 111 Å². The number of nitrogens with zero attached hydrogens (tertiary/aromatic N) is 1. The van der Waals surface area contributed by atoms with Gasteiger partial charge >= 0.3 is 0 Å². The monoisotopic (exact) mass is 247 g/mol. The molecule has 2 nitrogen and oxygen atoms in total. The molecule has 0 aliphatic carbocycles. The van der Waals surface area contributed by atoms with Gasteiger partial charge in [0, 0.05) is 12.6 Å². The van der Waals surface area contributed by atoms with Crippen LogP contribution in [-0.4, -0.2) is 23.4 Å². The van der Waals surface area contributed by atoms with E-state index >= 15 is 0 Å². The third-order valence-electron chi connectivity index (χ3n) is 4.00. The second-order valence-electron chi connectivity index (χ2n) is 5.49. The fourth-order valence-corrected chi connectivity index (χ4v) is 2.91. The molecule has 0 bridgehead atoms. The predicted octanol–water partition coefficient (Wildman–Crippen LogP) is 3.83. The summed E-state index contributed by atoms with van der Waals surface area (Å²) in [6, 6.07) is 0.371. The minimum atomic E-state index is 0.243. The quantitative estimate of drug-likeness (QED) is 0.534. The van der Waals surface area contributed by atoms with Gasteiger partial charge in [-0.05, 0) is 32.1 Å². The van der Waals surface area contributed by atoms with E-state index in [9.17, 15) is 4.79 Å². The van der Waals surface area contributed by atoms with Gasteiger partial charge in [0.2, 0.25) is 5.91 Å². The highest BCUT2D eigenvalue weighted by molar-refractivity contribution is 5.89. The number of unbranched alkanes of at least 4 members (excludes halogenated alkanes) is 3. The second-order valence-corrected chi connectivity index (χ2v) is 5.49. The molecule has 2 heterocycles. The topological polar surface area (TPSA) is 20.3 Å². The minimum Gasteiger partial charge on any atom is -0.333 e. The molecule has 0 unspecified atom stereocenters. The first kappa shape index (κ1) is 13.4. The van der Waals surface area contributed by atoms with E-state index < -0.39 is 0 Å². The van der Waals surface area contributed by atoms with Gasteiger partial charge in [0.25, 0.3) is 0 Å². The molecule has 100 valence electrons. The third kappa shape index (κ3) is 3.47. The first-order chi connectivity index (χ1) is 8.81. The van der Waals surface area contributed by atoms with Crippen molar-refractivity contribution >= 4 is 5.91 Å². The van der Waals surface area contributed by atoms with Crippen LogP contribution < -0.4 is 0 Å². The van der Waals surface area contributed by atoms with Gasteiger partial charge < -0.3 is 4.90 Å². The van der Waals surface area contributed by atoms with Crippen molar-refractivity contribution in [1.82, 2.24) is 4.90 Å². The Kier molecular flexibility index (Phi) is 5.03. The Hall–Kier alpha value is -1.05. The van der Waals surface area contributed by atoms with Gasteiger partial charge in [-0.25, -0.2) is 0 Å². The molecular weight excluding hydrogens is 222 g/mol. The number of rotatable bonds is 5. The van der Waals surface area contributed by atoms with Gasteiger partial charge in [0.15, 0.2) is 0 Å². The van der Waals surface area contributed by atoms with Crippen molar-refractivity contribution < 1.29 is 4.79 Å². The van der Waals surface area contributed by atoms with Crippen molar-refractivity contribution in [2.75, 3.05) is 6.54 Å². The van der Waals surface area contributed by atoms with Gasteiger partial charge in [-0.3, -0.25) is 4.79 Å².